The molecule has 0 N–H and O–H groups in total. The first-order valence-corrected chi connectivity index (χ1v) is 10.6. The third kappa shape index (κ3) is 4.29. The Morgan fingerprint density at radius 1 is 1.17 bits per heavy atom. The van der Waals surface area contributed by atoms with E-state index in [0.29, 0.717) is 37.9 Å². The highest BCUT2D eigenvalue weighted by Gasteiger charge is 2.12. The van der Waals surface area contributed by atoms with Crippen LogP contribution in [-0.4, -0.2) is 21.2 Å². The minimum atomic E-state index is -0.230. The summed E-state index contributed by atoms with van der Waals surface area (Å²) in [5.41, 5.74) is 1.31. The zero-order chi connectivity index (χ0) is 20.5. The molecule has 4 aromatic rings. The van der Waals surface area contributed by atoms with Gasteiger partial charge in [0.15, 0.2) is 5.82 Å². The number of aromatic nitrogens is 3. The minimum absolute atomic E-state index is 0.230. The van der Waals surface area contributed by atoms with Gasteiger partial charge in [-0.25, -0.2) is 0 Å². The zero-order valence-electron chi connectivity index (χ0n) is 15.7. The van der Waals surface area contributed by atoms with Crippen LogP contribution in [0.15, 0.2) is 47.3 Å². The fraction of sp³-hybridized carbons (Fsp3) is 0.190. The van der Waals surface area contributed by atoms with Crippen LogP contribution in [0.2, 0.25) is 10.0 Å². The van der Waals surface area contributed by atoms with Gasteiger partial charge in [-0.2, -0.15) is 9.50 Å². The van der Waals surface area contributed by atoms with Crippen molar-refractivity contribution in [2.24, 2.45) is 5.92 Å². The Bertz CT molecular complexity index is 1280. The van der Waals surface area contributed by atoms with E-state index in [1.54, 1.807) is 24.3 Å². The van der Waals surface area contributed by atoms with Crippen molar-refractivity contribution in [3.8, 4) is 17.1 Å². The summed E-state index contributed by atoms with van der Waals surface area (Å²) in [5.74, 6) is 1.75. The van der Waals surface area contributed by atoms with Gasteiger partial charge in [-0.1, -0.05) is 54.5 Å². The largest absolute Gasteiger partial charge is 0.493 e. The van der Waals surface area contributed by atoms with Gasteiger partial charge in [-0.3, -0.25) is 4.79 Å². The molecule has 2 aromatic heterocycles. The van der Waals surface area contributed by atoms with Crippen molar-refractivity contribution in [1.29, 1.82) is 0 Å². The molecule has 0 aliphatic heterocycles. The molecule has 0 saturated heterocycles. The van der Waals surface area contributed by atoms with Gasteiger partial charge in [0, 0.05) is 15.6 Å². The average molecular weight is 446 g/mol. The number of hydrogen-bond acceptors (Lipinski definition) is 5. The maximum Gasteiger partial charge on any atom is 0.291 e. The van der Waals surface area contributed by atoms with Crippen molar-refractivity contribution in [2.75, 3.05) is 6.61 Å². The van der Waals surface area contributed by atoms with Crippen LogP contribution in [0.4, 0.5) is 0 Å². The summed E-state index contributed by atoms with van der Waals surface area (Å²) < 4.78 is 7.52. The Labute approximate surface area is 181 Å². The first kappa shape index (κ1) is 19.9. The number of benzene rings is 2. The number of fused-ring (bicyclic) bond motifs is 1. The summed E-state index contributed by atoms with van der Waals surface area (Å²) in [6, 6.07) is 12.7. The highest BCUT2D eigenvalue weighted by Crippen LogP contribution is 2.22. The summed E-state index contributed by atoms with van der Waals surface area (Å²) in [6.45, 7) is 4.86. The summed E-state index contributed by atoms with van der Waals surface area (Å²) >= 11 is 13.4. The van der Waals surface area contributed by atoms with Gasteiger partial charge in [-0.05, 0) is 54.0 Å². The van der Waals surface area contributed by atoms with Crippen LogP contribution >= 0.6 is 34.5 Å². The monoisotopic (exact) mass is 445 g/mol. The van der Waals surface area contributed by atoms with Crippen LogP contribution in [0, 0.1) is 5.92 Å². The van der Waals surface area contributed by atoms with Crippen molar-refractivity contribution >= 4 is 45.6 Å². The zero-order valence-corrected chi connectivity index (χ0v) is 18.1. The van der Waals surface area contributed by atoms with E-state index in [-0.39, 0.29) is 5.56 Å². The molecule has 0 spiro atoms. The molecule has 2 aromatic carbocycles. The maximum absolute atomic E-state index is 12.7. The maximum atomic E-state index is 12.7. The molecule has 8 heteroatoms. The lowest BCUT2D eigenvalue weighted by atomic mass is 10.2. The van der Waals surface area contributed by atoms with Gasteiger partial charge >= 0.3 is 0 Å². The van der Waals surface area contributed by atoms with E-state index in [4.69, 9.17) is 27.9 Å². The van der Waals surface area contributed by atoms with E-state index in [1.165, 1.54) is 15.9 Å². The van der Waals surface area contributed by atoms with Crippen molar-refractivity contribution in [2.45, 2.75) is 13.8 Å². The lowest BCUT2D eigenvalue weighted by Gasteiger charge is -2.08. The topological polar surface area (TPSA) is 56.5 Å². The second kappa shape index (κ2) is 8.14. The molecule has 4 rings (SSSR count). The van der Waals surface area contributed by atoms with Gasteiger partial charge in [0.2, 0.25) is 4.96 Å². The third-order valence-electron chi connectivity index (χ3n) is 4.13. The van der Waals surface area contributed by atoms with E-state index < -0.39 is 0 Å². The summed E-state index contributed by atoms with van der Waals surface area (Å²) in [5, 5.41) is 5.40. The summed E-state index contributed by atoms with van der Waals surface area (Å²) in [4.78, 5) is 17.7. The van der Waals surface area contributed by atoms with Crippen LogP contribution < -0.4 is 14.8 Å². The molecule has 0 aliphatic carbocycles. The molecular formula is C21H17Cl2N3O2S. The molecule has 0 radical (unpaired) electrons. The van der Waals surface area contributed by atoms with Crippen LogP contribution in [0.5, 0.6) is 5.75 Å². The predicted octanol–water partition coefficient (Wildman–Crippen LogP) is 4.71. The number of halogens is 2. The number of thiazole rings is 1. The molecular weight excluding hydrogens is 429 g/mol. The standard InChI is InChI=1S/C21H17Cl2N3O2S/c1-12(2)11-28-16-7-4-13(5-8-16)19-24-21-26(25-19)20(27)18(29-21)9-14-3-6-15(22)10-17(14)23/h3-10,12H,11H2,1-2H3. The first-order valence-electron chi connectivity index (χ1n) is 9.00. The Balaban J connectivity index is 1.65. The van der Waals surface area contributed by atoms with Gasteiger partial charge in [0.1, 0.15) is 5.75 Å². The fourth-order valence-electron chi connectivity index (χ4n) is 2.68. The quantitative estimate of drug-likeness (QED) is 0.446. The van der Waals surface area contributed by atoms with E-state index in [1.807, 2.05) is 24.3 Å². The van der Waals surface area contributed by atoms with Crippen LogP contribution in [0.3, 0.4) is 0 Å². The first-order chi connectivity index (χ1) is 13.9. The predicted molar refractivity (Wildman–Crippen MR) is 118 cm³/mol. The van der Waals surface area contributed by atoms with Gasteiger partial charge in [-0.15, -0.1) is 5.10 Å². The molecule has 0 bridgehead atoms. The molecule has 5 nitrogen and oxygen atoms in total. The van der Waals surface area contributed by atoms with Crippen molar-refractivity contribution < 1.29 is 4.74 Å². The molecule has 0 amide bonds. The van der Waals surface area contributed by atoms with Gasteiger partial charge in [0.25, 0.3) is 5.56 Å². The van der Waals surface area contributed by atoms with Crippen molar-refractivity contribution in [3.63, 3.8) is 0 Å². The molecule has 0 atom stereocenters. The van der Waals surface area contributed by atoms with Crippen LogP contribution in [0.1, 0.15) is 19.4 Å². The number of ether oxygens (including phenoxy) is 1. The normalized spacial score (nSPS) is 12.2. The van der Waals surface area contributed by atoms with Gasteiger partial charge in [0.05, 0.1) is 11.1 Å². The molecule has 2 heterocycles. The summed E-state index contributed by atoms with van der Waals surface area (Å²) in [7, 11) is 0. The Morgan fingerprint density at radius 3 is 2.59 bits per heavy atom. The average Bonchev–Trinajstić information content (AvgIpc) is 3.22. The second-order valence-electron chi connectivity index (χ2n) is 6.94. The third-order valence-corrected chi connectivity index (χ3v) is 5.65. The van der Waals surface area contributed by atoms with Gasteiger partial charge < -0.3 is 4.74 Å². The molecule has 0 unspecified atom stereocenters. The molecule has 0 aliphatic rings. The van der Waals surface area contributed by atoms with E-state index in [0.717, 1.165) is 16.9 Å². The van der Waals surface area contributed by atoms with Crippen molar-refractivity contribution in [1.82, 2.24) is 14.6 Å². The van der Waals surface area contributed by atoms with E-state index in [2.05, 4.69) is 23.9 Å². The molecule has 0 fully saturated rings. The molecule has 0 saturated carbocycles. The summed E-state index contributed by atoms with van der Waals surface area (Å²) in [6.07, 6.45) is 1.72. The Hall–Kier alpha value is -2.41. The van der Waals surface area contributed by atoms with E-state index >= 15 is 0 Å². The second-order valence-corrected chi connectivity index (χ2v) is 8.79. The smallest absolute Gasteiger partial charge is 0.291 e. The number of hydrogen-bond donors (Lipinski definition) is 0. The highest BCUT2D eigenvalue weighted by molar-refractivity contribution is 7.15. The Morgan fingerprint density at radius 2 is 1.93 bits per heavy atom. The lowest BCUT2D eigenvalue weighted by Crippen LogP contribution is -2.23. The Kier molecular flexibility index (Phi) is 5.58. The number of nitrogens with zero attached hydrogens (tertiary/aromatic N) is 3. The number of rotatable bonds is 5. The molecule has 29 heavy (non-hydrogen) atoms. The molecule has 148 valence electrons. The van der Waals surface area contributed by atoms with Crippen LogP contribution in [0.25, 0.3) is 22.4 Å². The van der Waals surface area contributed by atoms with E-state index in [9.17, 15) is 4.79 Å². The fourth-order valence-corrected chi connectivity index (χ4v) is 4.04. The minimum Gasteiger partial charge on any atom is -0.493 e. The van der Waals surface area contributed by atoms with Crippen LogP contribution in [-0.2, 0) is 0 Å². The lowest BCUT2D eigenvalue weighted by molar-refractivity contribution is 0.271. The highest BCUT2D eigenvalue weighted by atomic mass is 35.5. The van der Waals surface area contributed by atoms with Crippen molar-refractivity contribution in [3.05, 3.63) is 73.0 Å². The SMILES string of the molecule is CC(C)COc1ccc(-c2nc3sc(=Cc4ccc(Cl)cc4Cl)c(=O)n3n2)cc1.